The molecule has 2 saturated carbocycles. The molecule has 5 rings (SSSR count). The number of H-pyrrole nitrogens is 1. The molecule has 8 nitrogen and oxygen atoms in total. The van der Waals surface area contributed by atoms with E-state index in [1.165, 1.54) is 0 Å². The van der Waals surface area contributed by atoms with Gasteiger partial charge in [-0.2, -0.15) is 0 Å². The molecular formula is C24H29N5O3. The van der Waals surface area contributed by atoms with Crippen LogP contribution in [0.5, 0.6) is 0 Å². The Labute approximate surface area is 186 Å². The number of rotatable bonds is 7. The number of aliphatic hydroxyl groups is 1. The number of amides is 1. The van der Waals surface area contributed by atoms with Crippen LogP contribution in [0.1, 0.15) is 47.9 Å². The number of hydrogen-bond donors (Lipinski definition) is 4. The van der Waals surface area contributed by atoms with Crippen molar-refractivity contribution >= 4 is 5.91 Å². The first-order chi connectivity index (χ1) is 15.5. The van der Waals surface area contributed by atoms with Gasteiger partial charge in [0, 0.05) is 47.6 Å². The molecule has 2 fully saturated rings. The Balaban J connectivity index is 1.40. The molecule has 0 unspecified atom stereocenters. The van der Waals surface area contributed by atoms with E-state index in [1.54, 1.807) is 6.20 Å². The lowest BCUT2D eigenvalue weighted by Gasteiger charge is -2.22. The Hall–Kier alpha value is -2.97. The number of aromatic amines is 1. The van der Waals surface area contributed by atoms with Gasteiger partial charge in [0.15, 0.2) is 0 Å². The molecule has 2 heterocycles. The molecule has 2 aliphatic rings. The molecule has 4 N–H and O–H groups in total. The van der Waals surface area contributed by atoms with Crippen molar-refractivity contribution in [3.63, 3.8) is 0 Å². The topological polar surface area (TPSA) is 116 Å². The van der Waals surface area contributed by atoms with Crippen LogP contribution in [0, 0.1) is 19.8 Å². The van der Waals surface area contributed by atoms with E-state index in [1.807, 2.05) is 44.2 Å². The largest absolute Gasteiger partial charge is 0.392 e. The molecule has 32 heavy (non-hydrogen) atoms. The van der Waals surface area contributed by atoms with E-state index < -0.39 is 12.0 Å². The Morgan fingerprint density at radius 1 is 1.25 bits per heavy atom. The molecular weight excluding hydrogens is 406 g/mol. The Kier molecular flexibility index (Phi) is 5.57. The van der Waals surface area contributed by atoms with E-state index in [4.69, 9.17) is 4.52 Å². The van der Waals surface area contributed by atoms with E-state index in [0.29, 0.717) is 13.0 Å². The monoisotopic (exact) mass is 435 g/mol. The first kappa shape index (κ1) is 20.9. The van der Waals surface area contributed by atoms with Crippen molar-refractivity contribution in [2.75, 3.05) is 0 Å². The smallest absolute Gasteiger partial charge is 0.226 e. The van der Waals surface area contributed by atoms with E-state index in [-0.39, 0.29) is 23.9 Å². The molecule has 1 aromatic carbocycles. The van der Waals surface area contributed by atoms with Gasteiger partial charge in [0.1, 0.15) is 11.6 Å². The van der Waals surface area contributed by atoms with Crippen molar-refractivity contribution in [1.29, 1.82) is 0 Å². The maximum absolute atomic E-state index is 12.8. The van der Waals surface area contributed by atoms with Crippen LogP contribution in [0.2, 0.25) is 0 Å². The zero-order chi connectivity index (χ0) is 22.2. The molecule has 0 saturated heterocycles. The second-order valence-corrected chi connectivity index (χ2v) is 8.98. The van der Waals surface area contributed by atoms with E-state index in [0.717, 1.165) is 46.9 Å². The quantitative estimate of drug-likeness (QED) is 0.453. The van der Waals surface area contributed by atoms with Gasteiger partial charge in [0.2, 0.25) is 5.91 Å². The summed E-state index contributed by atoms with van der Waals surface area (Å²) in [6, 6.07) is 10.0. The van der Waals surface area contributed by atoms with Crippen molar-refractivity contribution in [3.8, 4) is 11.4 Å². The minimum absolute atomic E-state index is 0.0607. The van der Waals surface area contributed by atoms with Gasteiger partial charge in [-0.1, -0.05) is 35.5 Å². The summed E-state index contributed by atoms with van der Waals surface area (Å²) in [4.78, 5) is 20.8. The number of carbonyl (C=O) groups excluding carboxylic acids is 1. The van der Waals surface area contributed by atoms with Gasteiger partial charge in [0.05, 0.1) is 17.7 Å². The fourth-order valence-electron chi connectivity index (χ4n) is 4.69. The van der Waals surface area contributed by atoms with Crippen molar-refractivity contribution in [2.24, 2.45) is 5.92 Å². The summed E-state index contributed by atoms with van der Waals surface area (Å²) >= 11 is 0. The second-order valence-electron chi connectivity index (χ2n) is 8.98. The summed E-state index contributed by atoms with van der Waals surface area (Å²) in [5, 5.41) is 21.9. The zero-order valence-corrected chi connectivity index (χ0v) is 18.3. The minimum atomic E-state index is -0.806. The standard InChI is InChI=1S/C24H29N5O3/c1-13-18(14(2)32-29-13)11-25-19-10-17(24(31)27-16-8-9-16)22(30)21(19)20-12-26-23(28-20)15-6-4-3-5-7-15/h3-7,12,16-17,19,21-22,25,30H,8-11H2,1-2H3,(H,26,28)(H,27,31)/t17-,19+,21+,22+/m0/s1. The lowest BCUT2D eigenvalue weighted by atomic mass is 9.96. The average Bonchev–Trinajstić information content (AvgIpc) is 3.22. The van der Waals surface area contributed by atoms with E-state index in [2.05, 4.69) is 25.8 Å². The third-order valence-corrected chi connectivity index (χ3v) is 6.71. The second kappa shape index (κ2) is 8.52. The normalized spacial score (nSPS) is 25.2. The molecule has 0 radical (unpaired) electrons. The number of carbonyl (C=O) groups is 1. The number of benzene rings is 1. The molecule has 168 valence electrons. The summed E-state index contributed by atoms with van der Waals surface area (Å²) in [5.74, 6) is 0.722. The lowest BCUT2D eigenvalue weighted by Crippen LogP contribution is -2.37. The van der Waals surface area contributed by atoms with Crippen molar-refractivity contribution in [3.05, 3.63) is 59.2 Å². The van der Waals surface area contributed by atoms with Crippen LogP contribution in [-0.4, -0.2) is 44.3 Å². The van der Waals surface area contributed by atoms with Crippen LogP contribution < -0.4 is 10.6 Å². The highest BCUT2D eigenvalue weighted by Gasteiger charge is 2.47. The summed E-state index contributed by atoms with van der Waals surface area (Å²) in [5.41, 5.74) is 3.67. The van der Waals surface area contributed by atoms with Gasteiger partial charge in [-0.05, 0) is 33.1 Å². The molecule has 2 aliphatic carbocycles. The number of hydrogen-bond acceptors (Lipinski definition) is 6. The first-order valence-corrected chi connectivity index (χ1v) is 11.2. The molecule has 0 bridgehead atoms. The third kappa shape index (κ3) is 4.08. The molecule has 1 amide bonds. The third-order valence-electron chi connectivity index (χ3n) is 6.71. The predicted octanol–water partition coefficient (Wildman–Crippen LogP) is 2.58. The number of aryl methyl sites for hydroxylation is 2. The average molecular weight is 436 g/mol. The highest BCUT2D eigenvalue weighted by Crippen LogP contribution is 2.40. The van der Waals surface area contributed by atoms with Gasteiger partial charge in [-0.25, -0.2) is 4.98 Å². The molecule has 8 heteroatoms. The van der Waals surface area contributed by atoms with Gasteiger partial charge >= 0.3 is 0 Å². The van der Waals surface area contributed by atoms with Gasteiger partial charge in [0.25, 0.3) is 0 Å². The van der Waals surface area contributed by atoms with Crippen LogP contribution in [0.4, 0.5) is 0 Å². The summed E-state index contributed by atoms with van der Waals surface area (Å²) in [6.07, 6.45) is 3.56. The van der Waals surface area contributed by atoms with Gasteiger partial charge in [-0.3, -0.25) is 4.79 Å². The molecule has 4 atom stereocenters. The van der Waals surface area contributed by atoms with Crippen molar-refractivity contribution in [1.82, 2.24) is 25.8 Å². The van der Waals surface area contributed by atoms with Crippen LogP contribution in [0.15, 0.2) is 41.1 Å². The van der Waals surface area contributed by atoms with Crippen LogP contribution >= 0.6 is 0 Å². The number of aromatic nitrogens is 3. The Morgan fingerprint density at radius 2 is 2.03 bits per heavy atom. The van der Waals surface area contributed by atoms with E-state index in [9.17, 15) is 9.90 Å². The van der Waals surface area contributed by atoms with Crippen molar-refractivity contribution < 1.29 is 14.4 Å². The highest BCUT2D eigenvalue weighted by molar-refractivity contribution is 5.80. The van der Waals surface area contributed by atoms with Crippen molar-refractivity contribution in [2.45, 2.75) is 63.8 Å². The summed E-state index contributed by atoms with van der Waals surface area (Å²) in [7, 11) is 0. The molecule has 0 spiro atoms. The van der Waals surface area contributed by atoms with Gasteiger partial charge in [-0.15, -0.1) is 0 Å². The van der Waals surface area contributed by atoms with E-state index >= 15 is 0 Å². The first-order valence-electron chi connectivity index (χ1n) is 11.2. The van der Waals surface area contributed by atoms with Crippen LogP contribution in [0.3, 0.4) is 0 Å². The van der Waals surface area contributed by atoms with Gasteiger partial charge < -0.3 is 25.2 Å². The maximum atomic E-state index is 12.8. The molecule has 0 aliphatic heterocycles. The fraction of sp³-hybridized carbons (Fsp3) is 0.458. The predicted molar refractivity (Wildman–Crippen MR) is 119 cm³/mol. The number of aliphatic hydroxyl groups excluding tert-OH is 1. The molecule has 2 aromatic heterocycles. The zero-order valence-electron chi connectivity index (χ0n) is 18.3. The molecule has 3 aromatic rings. The number of imidazole rings is 1. The maximum Gasteiger partial charge on any atom is 0.226 e. The number of nitrogens with zero attached hydrogens (tertiary/aromatic N) is 2. The van der Waals surface area contributed by atoms with Crippen LogP contribution in [-0.2, 0) is 11.3 Å². The highest BCUT2D eigenvalue weighted by atomic mass is 16.5. The Bertz CT molecular complexity index is 1070. The summed E-state index contributed by atoms with van der Waals surface area (Å²) in [6.45, 7) is 4.37. The summed E-state index contributed by atoms with van der Waals surface area (Å²) < 4.78 is 5.29. The minimum Gasteiger partial charge on any atom is -0.392 e. The lowest BCUT2D eigenvalue weighted by molar-refractivity contribution is -0.127. The number of nitrogens with one attached hydrogen (secondary N) is 3. The fourth-order valence-corrected chi connectivity index (χ4v) is 4.69. The van der Waals surface area contributed by atoms with Crippen LogP contribution in [0.25, 0.3) is 11.4 Å². The SMILES string of the molecule is Cc1noc(C)c1CN[C@@H]1C[C@H](C(=O)NC2CC2)[C@@H](O)[C@H]1c1cnc(-c2ccccc2)[nH]1. The Morgan fingerprint density at radius 3 is 2.72 bits per heavy atom.